The molecule has 1 aliphatic heterocycles. The fraction of sp³-hybridized carbons (Fsp3) is 0.647. The maximum absolute atomic E-state index is 12.4. The molecular formula is C17H25ClN6O2. The molecule has 1 amide bonds. The van der Waals surface area contributed by atoms with Gasteiger partial charge in [0.05, 0.1) is 6.54 Å². The van der Waals surface area contributed by atoms with E-state index in [9.17, 15) is 4.79 Å². The third-order valence-corrected chi connectivity index (χ3v) is 4.96. The third kappa shape index (κ3) is 4.42. The van der Waals surface area contributed by atoms with Gasteiger partial charge in [-0.1, -0.05) is 16.8 Å². The van der Waals surface area contributed by atoms with Crippen LogP contribution in [0.5, 0.6) is 0 Å². The van der Waals surface area contributed by atoms with Crippen LogP contribution in [-0.2, 0) is 24.8 Å². The van der Waals surface area contributed by atoms with Crippen LogP contribution in [0.15, 0.2) is 10.6 Å². The van der Waals surface area contributed by atoms with E-state index in [1.807, 2.05) is 26.0 Å². The second-order valence-electron chi connectivity index (χ2n) is 7.04. The molecule has 2 aromatic rings. The van der Waals surface area contributed by atoms with E-state index in [0.29, 0.717) is 29.7 Å². The number of carbonyl (C=O) groups is 1. The van der Waals surface area contributed by atoms with Gasteiger partial charge in [0.25, 0.3) is 0 Å². The molecule has 2 aromatic heterocycles. The molecule has 8 nitrogen and oxygen atoms in total. The summed E-state index contributed by atoms with van der Waals surface area (Å²) in [5.74, 6) is 3.12. The minimum Gasteiger partial charge on any atom is -0.360 e. The summed E-state index contributed by atoms with van der Waals surface area (Å²) in [4.78, 5) is 16.4. The summed E-state index contributed by atoms with van der Waals surface area (Å²) in [7, 11) is 6.06. The zero-order valence-electron chi connectivity index (χ0n) is 15.5. The molecule has 1 aliphatic rings. The van der Waals surface area contributed by atoms with E-state index in [-0.39, 0.29) is 5.91 Å². The van der Waals surface area contributed by atoms with Gasteiger partial charge in [-0.15, -0.1) is 10.2 Å². The Morgan fingerprint density at radius 2 is 2.08 bits per heavy atom. The summed E-state index contributed by atoms with van der Waals surface area (Å²) in [6.07, 6.45) is 2.75. The van der Waals surface area contributed by atoms with Crippen molar-refractivity contribution in [1.82, 2.24) is 29.7 Å². The third-order valence-electron chi connectivity index (χ3n) is 4.78. The smallest absolute Gasteiger partial charge is 0.223 e. The summed E-state index contributed by atoms with van der Waals surface area (Å²) in [5, 5.41) is 12.7. The fourth-order valence-electron chi connectivity index (χ4n) is 3.33. The molecule has 0 spiro atoms. The summed E-state index contributed by atoms with van der Waals surface area (Å²) < 4.78 is 7.14. The van der Waals surface area contributed by atoms with Crippen molar-refractivity contribution in [3.8, 4) is 0 Å². The summed E-state index contributed by atoms with van der Waals surface area (Å²) in [6.45, 7) is 2.26. The van der Waals surface area contributed by atoms with Crippen molar-refractivity contribution in [2.24, 2.45) is 7.05 Å². The number of hydrogen-bond donors (Lipinski definition) is 0. The summed E-state index contributed by atoms with van der Waals surface area (Å²) in [5.41, 5.74) is 0. The number of carbonyl (C=O) groups excluding carboxylic acids is 1. The quantitative estimate of drug-likeness (QED) is 0.760. The van der Waals surface area contributed by atoms with Crippen LogP contribution in [0.4, 0.5) is 0 Å². The normalized spacial score (nSPS) is 15.8. The number of aryl methyl sites for hydroxylation is 1. The Morgan fingerprint density at radius 1 is 1.35 bits per heavy atom. The Hall–Kier alpha value is -1.93. The molecule has 9 heteroatoms. The average molecular weight is 381 g/mol. The highest BCUT2D eigenvalue weighted by atomic mass is 35.5. The average Bonchev–Trinajstić information content (AvgIpc) is 3.19. The molecule has 1 saturated heterocycles. The first-order valence-corrected chi connectivity index (χ1v) is 9.23. The lowest BCUT2D eigenvalue weighted by Crippen LogP contribution is -2.38. The number of amides is 1. The molecule has 0 aliphatic carbocycles. The van der Waals surface area contributed by atoms with Crippen molar-refractivity contribution < 1.29 is 9.32 Å². The van der Waals surface area contributed by atoms with Gasteiger partial charge in [0.2, 0.25) is 5.91 Å². The van der Waals surface area contributed by atoms with Crippen LogP contribution in [0.25, 0.3) is 0 Å². The minimum absolute atomic E-state index is 0.141. The summed E-state index contributed by atoms with van der Waals surface area (Å²) in [6, 6.07) is 1.65. The second kappa shape index (κ2) is 8.18. The van der Waals surface area contributed by atoms with E-state index in [4.69, 9.17) is 16.1 Å². The Kier molecular flexibility index (Phi) is 5.93. The number of halogens is 1. The number of likely N-dealkylation sites (tertiary alicyclic amines) is 1. The zero-order chi connectivity index (χ0) is 18.7. The molecule has 26 heavy (non-hydrogen) atoms. The van der Waals surface area contributed by atoms with Crippen LogP contribution in [-0.4, -0.2) is 62.8 Å². The molecule has 0 N–H and O–H groups in total. The Morgan fingerprint density at radius 3 is 2.69 bits per heavy atom. The first-order valence-electron chi connectivity index (χ1n) is 8.85. The highest BCUT2D eigenvalue weighted by Crippen LogP contribution is 2.27. The van der Waals surface area contributed by atoms with Crippen LogP contribution >= 0.6 is 11.6 Å². The number of aromatic nitrogens is 4. The lowest BCUT2D eigenvalue weighted by Gasteiger charge is -2.31. The largest absolute Gasteiger partial charge is 0.360 e. The molecule has 0 saturated carbocycles. The van der Waals surface area contributed by atoms with Gasteiger partial charge in [-0.25, -0.2) is 0 Å². The van der Waals surface area contributed by atoms with Gasteiger partial charge < -0.3 is 18.9 Å². The molecule has 142 valence electrons. The molecule has 3 rings (SSSR count). The van der Waals surface area contributed by atoms with Gasteiger partial charge >= 0.3 is 0 Å². The van der Waals surface area contributed by atoms with Crippen molar-refractivity contribution >= 4 is 17.5 Å². The molecule has 0 aromatic carbocycles. The molecule has 1 fully saturated rings. The molecular weight excluding hydrogens is 356 g/mol. The Balaban J connectivity index is 1.51. The maximum Gasteiger partial charge on any atom is 0.223 e. The monoisotopic (exact) mass is 380 g/mol. The van der Waals surface area contributed by atoms with Crippen LogP contribution in [0.2, 0.25) is 5.15 Å². The van der Waals surface area contributed by atoms with Crippen LogP contribution in [0.1, 0.15) is 42.6 Å². The lowest BCUT2D eigenvalue weighted by atomic mass is 9.95. The minimum atomic E-state index is 0.141. The first kappa shape index (κ1) is 18.8. The van der Waals surface area contributed by atoms with Crippen molar-refractivity contribution in [2.45, 2.75) is 38.1 Å². The van der Waals surface area contributed by atoms with Crippen LogP contribution in [0.3, 0.4) is 0 Å². The van der Waals surface area contributed by atoms with Gasteiger partial charge in [0.1, 0.15) is 17.4 Å². The van der Waals surface area contributed by atoms with E-state index in [2.05, 4.69) is 24.8 Å². The van der Waals surface area contributed by atoms with Gasteiger partial charge in [-0.3, -0.25) is 4.79 Å². The number of piperidine rings is 1. The second-order valence-corrected chi connectivity index (χ2v) is 7.43. The van der Waals surface area contributed by atoms with E-state index < -0.39 is 0 Å². The predicted octanol–water partition coefficient (Wildman–Crippen LogP) is 1.86. The van der Waals surface area contributed by atoms with Crippen molar-refractivity contribution in [2.75, 3.05) is 27.2 Å². The van der Waals surface area contributed by atoms with E-state index in [1.165, 1.54) is 0 Å². The summed E-state index contributed by atoms with van der Waals surface area (Å²) >= 11 is 5.72. The maximum atomic E-state index is 12.4. The van der Waals surface area contributed by atoms with Crippen LogP contribution < -0.4 is 0 Å². The predicted molar refractivity (Wildman–Crippen MR) is 96.8 cm³/mol. The fourth-order valence-corrected chi connectivity index (χ4v) is 3.49. The highest BCUT2D eigenvalue weighted by molar-refractivity contribution is 6.29. The first-order chi connectivity index (χ1) is 12.4. The molecule has 3 heterocycles. The highest BCUT2D eigenvalue weighted by Gasteiger charge is 2.27. The van der Waals surface area contributed by atoms with Gasteiger partial charge in [-0.05, 0) is 26.9 Å². The zero-order valence-corrected chi connectivity index (χ0v) is 16.2. The Labute approximate surface area is 158 Å². The number of rotatable bonds is 6. The van der Waals surface area contributed by atoms with Crippen molar-refractivity contribution in [3.05, 3.63) is 28.6 Å². The van der Waals surface area contributed by atoms with Crippen LogP contribution in [0, 0.1) is 0 Å². The van der Waals surface area contributed by atoms with E-state index in [0.717, 1.165) is 44.1 Å². The number of nitrogens with zero attached hydrogens (tertiary/aromatic N) is 6. The Bertz CT molecular complexity index is 748. The van der Waals surface area contributed by atoms with Crippen molar-refractivity contribution in [3.63, 3.8) is 0 Å². The van der Waals surface area contributed by atoms with E-state index >= 15 is 0 Å². The standard InChI is InChI=1S/C17H25ClN6O2/c1-22(2)11-15-19-20-17(23(15)3)12-6-8-24(9-7-12)16(25)5-4-13-10-14(18)21-26-13/h10,12H,4-9,11H2,1-3H3. The molecule has 0 radical (unpaired) electrons. The SMILES string of the molecule is CN(C)Cc1nnc(C2CCN(C(=O)CCc3cc(Cl)no3)CC2)n1C. The van der Waals surface area contributed by atoms with Gasteiger partial charge in [0.15, 0.2) is 5.15 Å². The van der Waals surface area contributed by atoms with Gasteiger partial charge in [0, 0.05) is 45.0 Å². The lowest BCUT2D eigenvalue weighted by molar-refractivity contribution is -0.132. The molecule has 0 atom stereocenters. The molecule has 0 unspecified atom stereocenters. The molecule has 0 bridgehead atoms. The number of hydrogen-bond acceptors (Lipinski definition) is 6. The van der Waals surface area contributed by atoms with Crippen molar-refractivity contribution in [1.29, 1.82) is 0 Å². The topological polar surface area (TPSA) is 80.3 Å². The van der Waals surface area contributed by atoms with Gasteiger partial charge in [-0.2, -0.15) is 0 Å². The van der Waals surface area contributed by atoms with E-state index in [1.54, 1.807) is 6.07 Å².